The summed E-state index contributed by atoms with van der Waals surface area (Å²) >= 11 is 0. The van der Waals surface area contributed by atoms with Crippen LogP contribution in [0.5, 0.6) is 0 Å². The van der Waals surface area contributed by atoms with Gasteiger partial charge in [0.25, 0.3) is 0 Å². The van der Waals surface area contributed by atoms with Gasteiger partial charge in [0.2, 0.25) is 0 Å². The van der Waals surface area contributed by atoms with E-state index in [0.717, 1.165) is 12.5 Å². The highest BCUT2D eigenvalue weighted by atomic mass is 19.4. The van der Waals surface area contributed by atoms with E-state index in [1.165, 1.54) is 0 Å². The fraction of sp³-hybridized carbons (Fsp3) is 0.812. The van der Waals surface area contributed by atoms with Crippen molar-refractivity contribution in [1.82, 2.24) is 0 Å². The normalized spacial score (nSPS) is 32.4. The number of alkyl halides is 3. The van der Waals surface area contributed by atoms with E-state index in [1.54, 1.807) is 0 Å². The molecule has 0 aromatic heterocycles. The summed E-state index contributed by atoms with van der Waals surface area (Å²) in [6.45, 7) is 5.58. The fourth-order valence-electron chi connectivity index (χ4n) is 3.35. The molecule has 4 unspecified atom stereocenters. The smallest absolute Gasteiger partial charge is 0.448 e. The third kappa shape index (κ3) is 3.41. The van der Waals surface area contributed by atoms with E-state index in [2.05, 4.69) is 0 Å². The second kappa shape index (κ2) is 5.78. The Morgan fingerprint density at radius 3 is 2.32 bits per heavy atom. The van der Waals surface area contributed by atoms with Gasteiger partial charge in [-0.3, -0.25) is 4.79 Å². The molecule has 2 aliphatic rings. The number of hydrogen-bond acceptors (Lipinski definition) is 3. The molecule has 2 bridgehead atoms. The zero-order valence-electron chi connectivity index (χ0n) is 13.1. The molecule has 6 heteroatoms. The third-order valence-corrected chi connectivity index (χ3v) is 5.20. The number of carbonyl (C=O) groups is 1. The van der Waals surface area contributed by atoms with E-state index < -0.39 is 17.4 Å². The SMILES string of the molecule is CCC(C)(C)C(=O)OC1CC2CC1CC2/C=C(/O)C(F)(F)F. The van der Waals surface area contributed by atoms with Crippen LogP contribution in [0.25, 0.3) is 0 Å². The molecule has 0 heterocycles. The molecule has 2 saturated carbocycles. The van der Waals surface area contributed by atoms with E-state index in [-0.39, 0.29) is 29.8 Å². The monoisotopic (exact) mass is 320 g/mol. The van der Waals surface area contributed by atoms with Crippen LogP contribution in [0.2, 0.25) is 0 Å². The van der Waals surface area contributed by atoms with Crippen LogP contribution in [-0.4, -0.2) is 23.4 Å². The van der Waals surface area contributed by atoms with Crippen molar-refractivity contribution in [3.63, 3.8) is 0 Å². The van der Waals surface area contributed by atoms with Gasteiger partial charge < -0.3 is 9.84 Å². The summed E-state index contributed by atoms with van der Waals surface area (Å²) in [5.41, 5.74) is -0.532. The minimum atomic E-state index is -4.68. The second-order valence-electron chi connectivity index (χ2n) is 7.12. The predicted molar refractivity (Wildman–Crippen MR) is 75.0 cm³/mol. The lowest BCUT2D eigenvalue weighted by Gasteiger charge is -2.30. The van der Waals surface area contributed by atoms with Crippen molar-refractivity contribution in [2.24, 2.45) is 23.2 Å². The van der Waals surface area contributed by atoms with Crippen LogP contribution >= 0.6 is 0 Å². The van der Waals surface area contributed by atoms with Crippen LogP contribution in [0.4, 0.5) is 13.2 Å². The molecule has 1 N–H and O–H groups in total. The van der Waals surface area contributed by atoms with E-state index in [9.17, 15) is 18.0 Å². The third-order valence-electron chi connectivity index (χ3n) is 5.20. The Morgan fingerprint density at radius 1 is 1.23 bits per heavy atom. The molecule has 126 valence electrons. The van der Waals surface area contributed by atoms with Gasteiger partial charge in [-0.05, 0) is 63.4 Å². The van der Waals surface area contributed by atoms with Crippen molar-refractivity contribution < 1.29 is 27.8 Å². The van der Waals surface area contributed by atoms with E-state index in [0.29, 0.717) is 19.3 Å². The second-order valence-corrected chi connectivity index (χ2v) is 7.12. The van der Waals surface area contributed by atoms with Crippen LogP contribution in [-0.2, 0) is 9.53 Å². The van der Waals surface area contributed by atoms with Crippen molar-refractivity contribution in [3.05, 3.63) is 11.8 Å². The van der Waals surface area contributed by atoms with Crippen LogP contribution < -0.4 is 0 Å². The van der Waals surface area contributed by atoms with Crippen LogP contribution in [0.1, 0.15) is 46.5 Å². The fourth-order valence-corrected chi connectivity index (χ4v) is 3.35. The first-order chi connectivity index (χ1) is 10.0. The van der Waals surface area contributed by atoms with Gasteiger partial charge in [0.05, 0.1) is 5.41 Å². The minimum absolute atomic E-state index is 0.0528. The molecule has 0 aliphatic heterocycles. The number of carbonyl (C=O) groups excluding carboxylic acids is 1. The predicted octanol–water partition coefficient (Wildman–Crippen LogP) is 4.38. The minimum Gasteiger partial charge on any atom is -0.504 e. The molecular weight excluding hydrogens is 297 g/mol. The number of aliphatic hydroxyl groups is 1. The van der Waals surface area contributed by atoms with Crippen molar-refractivity contribution in [3.8, 4) is 0 Å². The summed E-state index contributed by atoms with van der Waals surface area (Å²) in [5.74, 6) is -1.87. The summed E-state index contributed by atoms with van der Waals surface area (Å²) in [5, 5.41) is 9.07. The van der Waals surface area contributed by atoms with Crippen LogP contribution in [0.3, 0.4) is 0 Å². The molecule has 22 heavy (non-hydrogen) atoms. The molecule has 3 nitrogen and oxygen atoms in total. The number of ether oxygens (including phenoxy) is 1. The summed E-state index contributed by atoms with van der Waals surface area (Å²) in [4.78, 5) is 12.1. The van der Waals surface area contributed by atoms with Gasteiger partial charge in [-0.15, -0.1) is 0 Å². The summed E-state index contributed by atoms with van der Waals surface area (Å²) in [6, 6.07) is 0. The summed E-state index contributed by atoms with van der Waals surface area (Å²) in [7, 11) is 0. The first-order valence-electron chi connectivity index (χ1n) is 7.73. The Kier molecular flexibility index (Phi) is 4.51. The number of rotatable bonds is 4. The molecule has 0 spiro atoms. The molecular formula is C16H23F3O3. The molecule has 2 rings (SSSR count). The quantitative estimate of drug-likeness (QED) is 0.617. The number of fused-ring (bicyclic) bond motifs is 2. The molecule has 0 saturated heterocycles. The molecule has 0 aromatic carbocycles. The van der Waals surface area contributed by atoms with E-state index in [4.69, 9.17) is 9.84 Å². The highest BCUT2D eigenvalue weighted by Crippen LogP contribution is 2.51. The lowest BCUT2D eigenvalue weighted by molar-refractivity contribution is -0.162. The number of aliphatic hydroxyl groups excluding tert-OH is 1. The maximum absolute atomic E-state index is 12.4. The van der Waals surface area contributed by atoms with Gasteiger partial charge in [-0.2, -0.15) is 13.2 Å². The Hall–Kier alpha value is -1.20. The Balaban J connectivity index is 1.95. The lowest BCUT2D eigenvalue weighted by Crippen LogP contribution is -2.33. The number of halogens is 3. The average molecular weight is 320 g/mol. The molecule has 2 fully saturated rings. The Morgan fingerprint density at radius 2 is 1.86 bits per heavy atom. The zero-order chi connectivity index (χ0) is 16.7. The summed E-state index contributed by atoms with van der Waals surface area (Å²) < 4.78 is 42.7. The van der Waals surface area contributed by atoms with Gasteiger partial charge in [-0.1, -0.05) is 6.92 Å². The molecule has 0 aromatic rings. The van der Waals surface area contributed by atoms with E-state index >= 15 is 0 Å². The van der Waals surface area contributed by atoms with Gasteiger partial charge in [0.15, 0.2) is 5.76 Å². The topological polar surface area (TPSA) is 46.5 Å². The van der Waals surface area contributed by atoms with Crippen molar-refractivity contribution >= 4 is 5.97 Å². The number of esters is 1. The zero-order valence-corrected chi connectivity index (χ0v) is 13.1. The number of allylic oxidation sites excluding steroid dienone is 2. The molecule has 2 aliphatic carbocycles. The Labute approximate surface area is 128 Å². The van der Waals surface area contributed by atoms with Gasteiger partial charge >= 0.3 is 12.1 Å². The van der Waals surface area contributed by atoms with Gasteiger partial charge in [0.1, 0.15) is 6.10 Å². The molecule has 4 atom stereocenters. The van der Waals surface area contributed by atoms with E-state index in [1.807, 2.05) is 20.8 Å². The van der Waals surface area contributed by atoms with Gasteiger partial charge in [-0.25, -0.2) is 0 Å². The maximum atomic E-state index is 12.4. The maximum Gasteiger partial charge on any atom is 0.448 e. The van der Waals surface area contributed by atoms with Crippen molar-refractivity contribution in [1.29, 1.82) is 0 Å². The van der Waals surface area contributed by atoms with Crippen molar-refractivity contribution in [2.45, 2.75) is 58.7 Å². The average Bonchev–Trinajstić information content (AvgIpc) is 2.97. The summed E-state index contributed by atoms with van der Waals surface area (Å²) in [6.07, 6.45) is -1.38. The highest BCUT2D eigenvalue weighted by molar-refractivity contribution is 5.76. The van der Waals surface area contributed by atoms with Gasteiger partial charge in [0, 0.05) is 0 Å². The first-order valence-corrected chi connectivity index (χ1v) is 7.73. The lowest BCUT2D eigenvalue weighted by atomic mass is 9.86. The molecule has 0 amide bonds. The first kappa shape index (κ1) is 17.2. The van der Waals surface area contributed by atoms with Crippen LogP contribution in [0, 0.1) is 23.2 Å². The van der Waals surface area contributed by atoms with Crippen molar-refractivity contribution in [2.75, 3.05) is 0 Å². The Bertz CT molecular complexity index is 468. The highest BCUT2D eigenvalue weighted by Gasteiger charge is 2.48. The standard InChI is InChI=1S/C16H23F3O3/c1-4-15(2,3)14(21)22-12-7-9-5-11(12)6-10(9)8-13(20)16(17,18)19/h8-12,20H,4-7H2,1-3H3/b13-8+. The molecule has 0 radical (unpaired) electrons. The number of hydrogen-bond donors (Lipinski definition) is 1. The largest absolute Gasteiger partial charge is 0.504 e. The van der Waals surface area contributed by atoms with Crippen LogP contribution in [0.15, 0.2) is 11.8 Å².